The van der Waals surface area contributed by atoms with Crippen LogP contribution in [0, 0.1) is 11.3 Å². The third-order valence-corrected chi connectivity index (χ3v) is 8.70. The predicted octanol–water partition coefficient (Wildman–Crippen LogP) is 4.81. The molecule has 1 aliphatic rings. The number of alkyl halides is 3. The summed E-state index contributed by atoms with van der Waals surface area (Å²) in [6, 6.07) is 8.04. The monoisotopic (exact) mass is 590 g/mol. The Bertz CT molecular complexity index is 1330. The highest BCUT2D eigenvalue weighted by molar-refractivity contribution is 7.91. The lowest BCUT2D eigenvalue weighted by molar-refractivity contribution is -0.138. The molecule has 2 aromatic rings. The smallest absolute Gasteiger partial charge is 0.348 e. The molecule has 1 atom stereocenters. The van der Waals surface area contributed by atoms with Crippen LogP contribution in [0.3, 0.4) is 0 Å². The fraction of sp³-hybridized carbons (Fsp3) is 0.440. The van der Waals surface area contributed by atoms with Gasteiger partial charge in [-0.15, -0.1) is 0 Å². The molecule has 1 aliphatic heterocycles. The van der Waals surface area contributed by atoms with E-state index in [-0.39, 0.29) is 63.1 Å². The Balaban J connectivity index is 1.84. The van der Waals surface area contributed by atoms with Gasteiger partial charge in [0.25, 0.3) is 5.91 Å². The second kappa shape index (κ2) is 12.7. The van der Waals surface area contributed by atoms with Crippen LogP contribution in [0.1, 0.15) is 46.8 Å². The Morgan fingerprint density at radius 1 is 1.24 bits per heavy atom. The van der Waals surface area contributed by atoms with Crippen molar-refractivity contribution in [3.05, 3.63) is 62.6 Å². The summed E-state index contributed by atoms with van der Waals surface area (Å²) < 4.78 is 66.9. The van der Waals surface area contributed by atoms with Gasteiger partial charge in [-0.1, -0.05) is 30.1 Å². The van der Waals surface area contributed by atoms with Gasteiger partial charge in [-0.25, -0.2) is 8.42 Å². The maximum atomic E-state index is 14.0. The largest absolute Gasteiger partial charge is 0.416 e. The van der Waals surface area contributed by atoms with Gasteiger partial charge >= 0.3 is 6.18 Å². The first-order valence-corrected chi connectivity index (χ1v) is 14.3. The summed E-state index contributed by atoms with van der Waals surface area (Å²) in [4.78, 5) is 14.7. The van der Waals surface area contributed by atoms with E-state index < -0.39 is 27.5 Å². The third-order valence-electron chi connectivity index (χ3n) is 6.30. The Labute approximate surface area is 229 Å². The molecule has 7 nitrogen and oxygen atoms in total. The lowest BCUT2D eigenvalue weighted by atomic mass is 10.00. The summed E-state index contributed by atoms with van der Waals surface area (Å²) >= 11 is 12.3. The SMILES string of the molecule is CCS(=O)(=O)c1ccc(Cl)cc1CNC(=O)c1cc(Cl)c(CN2CCC[C@H](NCC#N)C2)c(C(F)(F)F)c1. The van der Waals surface area contributed by atoms with E-state index in [4.69, 9.17) is 28.5 Å². The topological polar surface area (TPSA) is 102 Å². The zero-order chi connectivity index (χ0) is 28.1. The standard InChI is InChI=1S/C25H27Cl2F3N4O3S/c1-2-38(36,37)23-6-5-18(26)10-17(23)13-33-24(35)16-11-21(25(28,29)30)20(22(27)12-16)15-34-9-3-4-19(14-34)32-8-7-31/h5-6,10-12,19,32H,2-4,8-9,13-15H2,1H3,(H,33,35)/t19-/m0/s1. The van der Waals surface area contributed by atoms with E-state index in [0.29, 0.717) is 13.1 Å². The van der Waals surface area contributed by atoms with Crippen LogP contribution in [0.15, 0.2) is 35.2 Å². The van der Waals surface area contributed by atoms with Crippen molar-refractivity contribution in [2.75, 3.05) is 25.4 Å². The molecule has 13 heteroatoms. The van der Waals surface area contributed by atoms with Crippen LogP contribution in [-0.2, 0) is 29.1 Å². The number of carbonyl (C=O) groups excluding carboxylic acids is 1. The van der Waals surface area contributed by atoms with Crippen molar-refractivity contribution in [2.45, 2.75) is 50.0 Å². The number of hydrogen-bond acceptors (Lipinski definition) is 6. The normalized spacial score (nSPS) is 16.7. The third kappa shape index (κ3) is 7.61. The Hall–Kier alpha value is -2.36. The molecule has 206 valence electrons. The average Bonchev–Trinajstić information content (AvgIpc) is 2.86. The molecular weight excluding hydrogens is 564 g/mol. The number of likely N-dealkylation sites (tertiary alicyclic amines) is 1. The molecule has 3 rings (SSSR count). The van der Waals surface area contributed by atoms with E-state index >= 15 is 0 Å². The minimum atomic E-state index is -4.77. The number of halogens is 5. The number of hydrogen-bond donors (Lipinski definition) is 2. The summed E-state index contributed by atoms with van der Waals surface area (Å²) in [6.07, 6.45) is -3.20. The van der Waals surface area contributed by atoms with Gasteiger partial charge in [-0.3, -0.25) is 9.69 Å². The van der Waals surface area contributed by atoms with Gasteiger partial charge in [-0.05, 0) is 60.8 Å². The van der Waals surface area contributed by atoms with E-state index in [0.717, 1.165) is 18.9 Å². The number of piperidine rings is 1. The number of nitriles is 1. The van der Waals surface area contributed by atoms with Gasteiger partial charge in [0.2, 0.25) is 0 Å². The second-order valence-electron chi connectivity index (χ2n) is 8.93. The van der Waals surface area contributed by atoms with Gasteiger partial charge < -0.3 is 10.6 Å². The number of sulfone groups is 1. The van der Waals surface area contributed by atoms with E-state index in [2.05, 4.69) is 10.6 Å². The number of amides is 1. The Morgan fingerprint density at radius 2 is 1.97 bits per heavy atom. The fourth-order valence-corrected chi connectivity index (χ4v) is 5.97. The molecule has 1 heterocycles. The number of nitrogens with zero attached hydrogens (tertiary/aromatic N) is 2. The molecular formula is C25H27Cl2F3N4O3S. The van der Waals surface area contributed by atoms with E-state index in [1.165, 1.54) is 31.2 Å². The van der Waals surface area contributed by atoms with Crippen LogP contribution in [0.5, 0.6) is 0 Å². The van der Waals surface area contributed by atoms with Crippen LogP contribution in [0.2, 0.25) is 10.0 Å². The van der Waals surface area contributed by atoms with E-state index in [9.17, 15) is 26.4 Å². The molecule has 38 heavy (non-hydrogen) atoms. The Morgan fingerprint density at radius 3 is 2.63 bits per heavy atom. The summed E-state index contributed by atoms with van der Waals surface area (Å²) in [5.41, 5.74) is -1.24. The van der Waals surface area contributed by atoms with Crippen molar-refractivity contribution in [3.8, 4) is 6.07 Å². The molecule has 0 saturated carbocycles. The van der Waals surface area contributed by atoms with Gasteiger partial charge in [0.1, 0.15) is 0 Å². The quantitative estimate of drug-likeness (QED) is 0.406. The molecule has 0 aliphatic carbocycles. The number of rotatable bonds is 9. The zero-order valence-corrected chi connectivity index (χ0v) is 22.9. The minimum absolute atomic E-state index is 0.0156. The summed E-state index contributed by atoms with van der Waals surface area (Å²) in [7, 11) is -3.62. The van der Waals surface area contributed by atoms with Crippen LogP contribution in [0.25, 0.3) is 0 Å². The van der Waals surface area contributed by atoms with Crippen molar-refractivity contribution in [1.29, 1.82) is 5.26 Å². The molecule has 1 saturated heterocycles. The maximum Gasteiger partial charge on any atom is 0.416 e. The number of carbonyl (C=O) groups is 1. The second-order valence-corrected chi connectivity index (χ2v) is 12.0. The maximum absolute atomic E-state index is 14.0. The van der Waals surface area contributed by atoms with Crippen molar-refractivity contribution in [2.24, 2.45) is 0 Å². The molecule has 1 amide bonds. The summed E-state index contributed by atoms with van der Waals surface area (Å²) in [5, 5.41) is 14.4. The molecule has 1 fully saturated rings. The predicted molar refractivity (Wildman–Crippen MR) is 139 cm³/mol. The molecule has 0 aromatic heterocycles. The number of benzene rings is 2. The average molecular weight is 591 g/mol. The summed E-state index contributed by atoms with van der Waals surface area (Å²) in [5.74, 6) is -1.02. The molecule has 2 N–H and O–H groups in total. The highest BCUT2D eigenvalue weighted by Crippen LogP contribution is 2.37. The van der Waals surface area contributed by atoms with Crippen LogP contribution >= 0.6 is 23.2 Å². The highest BCUT2D eigenvalue weighted by Gasteiger charge is 2.36. The highest BCUT2D eigenvalue weighted by atomic mass is 35.5. The fourth-order valence-electron chi connectivity index (χ4n) is 4.38. The van der Waals surface area contributed by atoms with Crippen molar-refractivity contribution in [3.63, 3.8) is 0 Å². The molecule has 0 unspecified atom stereocenters. The lowest BCUT2D eigenvalue weighted by Gasteiger charge is -2.33. The van der Waals surface area contributed by atoms with Crippen LogP contribution in [-0.4, -0.2) is 50.7 Å². The molecule has 0 spiro atoms. The Kier molecular flexibility index (Phi) is 10.1. The van der Waals surface area contributed by atoms with Gasteiger partial charge in [-0.2, -0.15) is 18.4 Å². The van der Waals surface area contributed by atoms with Crippen molar-refractivity contribution in [1.82, 2.24) is 15.5 Å². The van der Waals surface area contributed by atoms with Crippen LogP contribution < -0.4 is 10.6 Å². The van der Waals surface area contributed by atoms with Crippen LogP contribution in [0.4, 0.5) is 13.2 Å². The van der Waals surface area contributed by atoms with Crippen molar-refractivity contribution >= 4 is 38.9 Å². The zero-order valence-electron chi connectivity index (χ0n) is 20.5. The van der Waals surface area contributed by atoms with Gasteiger partial charge in [0.15, 0.2) is 9.84 Å². The minimum Gasteiger partial charge on any atom is -0.348 e. The first-order valence-electron chi connectivity index (χ1n) is 11.9. The first kappa shape index (κ1) is 30.2. The summed E-state index contributed by atoms with van der Waals surface area (Å²) in [6.45, 7) is 2.32. The van der Waals surface area contributed by atoms with Crippen molar-refractivity contribution < 1.29 is 26.4 Å². The lowest BCUT2D eigenvalue weighted by Crippen LogP contribution is -2.45. The van der Waals surface area contributed by atoms with Gasteiger partial charge in [0, 0.05) is 41.3 Å². The van der Waals surface area contributed by atoms with Gasteiger partial charge in [0.05, 0.1) is 28.8 Å². The van der Waals surface area contributed by atoms with E-state index in [1.54, 1.807) is 0 Å². The van der Waals surface area contributed by atoms with E-state index in [1.807, 2.05) is 11.0 Å². The first-order chi connectivity index (χ1) is 17.9. The molecule has 0 bridgehead atoms. The molecule has 2 aromatic carbocycles. The number of nitrogens with one attached hydrogen (secondary N) is 2. The molecule has 0 radical (unpaired) electrons.